The van der Waals surface area contributed by atoms with E-state index in [1.807, 2.05) is 32.0 Å². The Labute approximate surface area is 100.0 Å². The van der Waals surface area contributed by atoms with Crippen molar-refractivity contribution in [2.75, 3.05) is 5.32 Å². The van der Waals surface area contributed by atoms with E-state index < -0.39 is 0 Å². The van der Waals surface area contributed by atoms with Gasteiger partial charge >= 0.3 is 0 Å². The minimum absolute atomic E-state index is 0.167. The van der Waals surface area contributed by atoms with Crippen LogP contribution >= 0.6 is 0 Å². The molecule has 0 atom stereocenters. The average Bonchev–Trinajstić information content (AvgIpc) is 2.34. The van der Waals surface area contributed by atoms with E-state index in [2.05, 4.69) is 21.4 Å². The highest BCUT2D eigenvalue weighted by Gasteiger charge is 2.01. The van der Waals surface area contributed by atoms with E-state index in [0.717, 1.165) is 11.3 Å². The van der Waals surface area contributed by atoms with Crippen LogP contribution in [0.3, 0.4) is 0 Å². The van der Waals surface area contributed by atoms with E-state index in [9.17, 15) is 0 Å². The molecule has 0 fully saturated rings. The summed E-state index contributed by atoms with van der Waals surface area (Å²) < 4.78 is 0. The van der Waals surface area contributed by atoms with Gasteiger partial charge in [-0.05, 0) is 37.1 Å². The smallest absolute Gasteiger partial charge is 0.234 e. The standard InChI is InChI=1S/C13H12N4/c1-9-3-4-10(2)11(7-9)16-12-5-6-15-13(8-14)17-12/h3-7H,1-2H3,(H,15,16,17). The van der Waals surface area contributed by atoms with E-state index in [1.54, 1.807) is 12.3 Å². The summed E-state index contributed by atoms with van der Waals surface area (Å²) in [6.45, 7) is 4.06. The van der Waals surface area contributed by atoms with Gasteiger partial charge in [-0.25, -0.2) is 9.97 Å². The molecule has 0 bridgehead atoms. The quantitative estimate of drug-likeness (QED) is 0.851. The number of hydrogen-bond donors (Lipinski definition) is 1. The summed E-state index contributed by atoms with van der Waals surface area (Å²) in [5, 5.41) is 11.9. The minimum Gasteiger partial charge on any atom is -0.340 e. The molecule has 1 aromatic carbocycles. The Balaban J connectivity index is 2.31. The molecule has 0 amide bonds. The van der Waals surface area contributed by atoms with Gasteiger partial charge in [-0.1, -0.05) is 12.1 Å². The molecule has 0 saturated carbocycles. The van der Waals surface area contributed by atoms with Crippen LogP contribution in [0.15, 0.2) is 30.5 Å². The van der Waals surface area contributed by atoms with Crippen molar-refractivity contribution in [2.24, 2.45) is 0 Å². The van der Waals surface area contributed by atoms with Crippen molar-refractivity contribution in [1.29, 1.82) is 5.26 Å². The summed E-state index contributed by atoms with van der Waals surface area (Å²) in [4.78, 5) is 7.90. The Hall–Kier alpha value is -2.41. The summed E-state index contributed by atoms with van der Waals surface area (Å²) in [6, 6.07) is 9.80. The molecule has 1 N–H and O–H groups in total. The molecule has 17 heavy (non-hydrogen) atoms. The van der Waals surface area contributed by atoms with Gasteiger partial charge in [0.05, 0.1) is 0 Å². The molecular formula is C13H12N4. The third kappa shape index (κ3) is 2.58. The van der Waals surface area contributed by atoms with Crippen molar-refractivity contribution >= 4 is 11.5 Å². The number of benzene rings is 1. The number of anilines is 2. The van der Waals surface area contributed by atoms with Crippen LogP contribution in [0.25, 0.3) is 0 Å². The van der Waals surface area contributed by atoms with Crippen molar-refractivity contribution in [3.8, 4) is 6.07 Å². The number of rotatable bonds is 2. The third-order valence-electron chi connectivity index (χ3n) is 2.41. The molecular weight excluding hydrogens is 212 g/mol. The van der Waals surface area contributed by atoms with Crippen molar-refractivity contribution in [3.05, 3.63) is 47.4 Å². The summed E-state index contributed by atoms with van der Waals surface area (Å²) >= 11 is 0. The van der Waals surface area contributed by atoms with Crippen LogP contribution in [0.1, 0.15) is 17.0 Å². The predicted octanol–water partition coefficient (Wildman–Crippen LogP) is 2.71. The molecule has 4 nitrogen and oxygen atoms in total. The highest BCUT2D eigenvalue weighted by atomic mass is 15.0. The molecule has 2 aromatic rings. The molecule has 0 aliphatic heterocycles. The van der Waals surface area contributed by atoms with Crippen LogP contribution in [0.4, 0.5) is 11.5 Å². The predicted molar refractivity (Wildman–Crippen MR) is 65.9 cm³/mol. The number of nitriles is 1. The van der Waals surface area contributed by atoms with E-state index in [1.165, 1.54) is 5.56 Å². The fraction of sp³-hybridized carbons (Fsp3) is 0.154. The monoisotopic (exact) mass is 224 g/mol. The van der Waals surface area contributed by atoms with Crippen LogP contribution in [-0.4, -0.2) is 9.97 Å². The molecule has 2 rings (SSSR count). The number of hydrogen-bond acceptors (Lipinski definition) is 4. The van der Waals surface area contributed by atoms with Gasteiger partial charge in [-0.2, -0.15) is 5.26 Å². The van der Waals surface area contributed by atoms with E-state index in [0.29, 0.717) is 5.82 Å². The summed E-state index contributed by atoms with van der Waals surface area (Å²) in [5.74, 6) is 0.797. The Morgan fingerprint density at radius 2 is 2.06 bits per heavy atom. The highest BCUT2D eigenvalue weighted by Crippen LogP contribution is 2.20. The van der Waals surface area contributed by atoms with Gasteiger partial charge in [0.1, 0.15) is 11.9 Å². The van der Waals surface area contributed by atoms with E-state index >= 15 is 0 Å². The van der Waals surface area contributed by atoms with Gasteiger partial charge in [0.15, 0.2) is 0 Å². The fourth-order valence-electron chi connectivity index (χ4n) is 1.49. The molecule has 1 heterocycles. The lowest BCUT2D eigenvalue weighted by atomic mass is 10.1. The third-order valence-corrected chi connectivity index (χ3v) is 2.41. The van der Waals surface area contributed by atoms with Gasteiger partial charge in [-0.15, -0.1) is 0 Å². The van der Waals surface area contributed by atoms with Crippen molar-refractivity contribution in [1.82, 2.24) is 9.97 Å². The lowest BCUT2D eigenvalue weighted by Gasteiger charge is -2.09. The highest BCUT2D eigenvalue weighted by molar-refractivity contribution is 5.61. The zero-order valence-electron chi connectivity index (χ0n) is 9.73. The Morgan fingerprint density at radius 1 is 1.24 bits per heavy atom. The number of aromatic nitrogens is 2. The van der Waals surface area contributed by atoms with Gasteiger partial charge in [0.25, 0.3) is 0 Å². The summed E-state index contributed by atoms with van der Waals surface area (Å²) in [6.07, 6.45) is 1.57. The summed E-state index contributed by atoms with van der Waals surface area (Å²) in [7, 11) is 0. The second-order valence-electron chi connectivity index (χ2n) is 3.82. The lowest BCUT2D eigenvalue weighted by Crippen LogP contribution is -1.98. The first kappa shape index (κ1) is 11.1. The topological polar surface area (TPSA) is 61.6 Å². The maximum Gasteiger partial charge on any atom is 0.234 e. The minimum atomic E-state index is 0.167. The molecule has 0 spiro atoms. The van der Waals surface area contributed by atoms with Crippen LogP contribution in [0.2, 0.25) is 0 Å². The number of aryl methyl sites for hydroxylation is 2. The molecule has 1 aromatic heterocycles. The zero-order valence-corrected chi connectivity index (χ0v) is 9.73. The van der Waals surface area contributed by atoms with Gasteiger partial charge in [-0.3, -0.25) is 0 Å². The lowest BCUT2D eigenvalue weighted by molar-refractivity contribution is 1.11. The maximum absolute atomic E-state index is 8.72. The van der Waals surface area contributed by atoms with Crippen LogP contribution < -0.4 is 5.32 Å². The Morgan fingerprint density at radius 3 is 2.82 bits per heavy atom. The maximum atomic E-state index is 8.72. The second kappa shape index (κ2) is 4.62. The van der Waals surface area contributed by atoms with Gasteiger partial charge < -0.3 is 5.32 Å². The molecule has 0 unspecified atom stereocenters. The van der Waals surface area contributed by atoms with Crippen LogP contribution in [0, 0.1) is 25.2 Å². The molecule has 0 aliphatic carbocycles. The van der Waals surface area contributed by atoms with Crippen LogP contribution in [-0.2, 0) is 0 Å². The average molecular weight is 224 g/mol. The first-order chi connectivity index (χ1) is 8.19. The van der Waals surface area contributed by atoms with Gasteiger partial charge in [0.2, 0.25) is 5.82 Å². The SMILES string of the molecule is Cc1ccc(C)c(Nc2ccnc(C#N)n2)c1. The largest absolute Gasteiger partial charge is 0.340 e. The van der Waals surface area contributed by atoms with Crippen molar-refractivity contribution < 1.29 is 0 Å². The Bertz CT molecular complexity index is 584. The van der Waals surface area contributed by atoms with Crippen molar-refractivity contribution in [2.45, 2.75) is 13.8 Å². The zero-order chi connectivity index (χ0) is 12.3. The normalized spacial score (nSPS) is 9.71. The Kier molecular flexibility index (Phi) is 3.01. The summed E-state index contributed by atoms with van der Waals surface area (Å²) in [5.41, 5.74) is 3.30. The molecule has 4 heteroatoms. The fourth-order valence-corrected chi connectivity index (χ4v) is 1.49. The second-order valence-corrected chi connectivity index (χ2v) is 3.82. The number of nitrogens with one attached hydrogen (secondary N) is 1. The molecule has 0 aliphatic rings. The molecule has 0 saturated heterocycles. The van der Waals surface area contributed by atoms with Crippen LogP contribution in [0.5, 0.6) is 0 Å². The molecule has 84 valence electrons. The van der Waals surface area contributed by atoms with Crippen molar-refractivity contribution in [3.63, 3.8) is 0 Å². The first-order valence-electron chi connectivity index (χ1n) is 5.26. The van der Waals surface area contributed by atoms with E-state index in [-0.39, 0.29) is 5.82 Å². The van der Waals surface area contributed by atoms with E-state index in [4.69, 9.17) is 5.26 Å². The number of nitrogens with zero attached hydrogens (tertiary/aromatic N) is 3. The van der Waals surface area contributed by atoms with Gasteiger partial charge in [0, 0.05) is 11.9 Å². The first-order valence-corrected chi connectivity index (χ1v) is 5.26. The molecule has 0 radical (unpaired) electrons.